The molecule has 0 radical (unpaired) electrons. The molecule has 0 bridgehead atoms. The minimum absolute atomic E-state index is 0.0112. The van der Waals surface area contributed by atoms with Crippen LogP contribution in [0.1, 0.15) is 55.4 Å². The second kappa shape index (κ2) is 8.78. The predicted octanol–water partition coefficient (Wildman–Crippen LogP) is 2.90. The first-order valence-corrected chi connectivity index (χ1v) is 9.91. The lowest BCUT2D eigenvalue weighted by Gasteiger charge is -2.31. The Balaban J connectivity index is 1.63. The molecule has 1 aliphatic rings. The summed E-state index contributed by atoms with van der Waals surface area (Å²) < 4.78 is 11.1. The molecular weight excluding hydrogens is 370 g/mol. The fourth-order valence-corrected chi connectivity index (χ4v) is 3.35. The van der Waals surface area contributed by atoms with Crippen molar-refractivity contribution in [1.29, 1.82) is 0 Å². The average Bonchev–Trinajstić information content (AvgIpc) is 2.71. The molecule has 0 aliphatic carbocycles. The van der Waals surface area contributed by atoms with E-state index in [4.69, 9.17) is 9.47 Å². The first-order chi connectivity index (χ1) is 13.8. The van der Waals surface area contributed by atoms with Crippen LogP contribution in [0.5, 0.6) is 5.75 Å². The molecule has 0 saturated carbocycles. The zero-order valence-electron chi connectivity index (χ0n) is 17.5. The summed E-state index contributed by atoms with van der Waals surface area (Å²) in [7, 11) is 1.64. The van der Waals surface area contributed by atoms with E-state index in [1.807, 2.05) is 24.3 Å². The molecule has 1 amide bonds. The fourth-order valence-electron chi connectivity index (χ4n) is 3.35. The summed E-state index contributed by atoms with van der Waals surface area (Å²) >= 11 is 0. The number of methoxy groups -OCH3 is 1. The Hall–Kier alpha value is -2.67. The number of H-pyrrole nitrogens is 1. The minimum Gasteiger partial charge on any atom is -0.486 e. The van der Waals surface area contributed by atoms with Crippen molar-refractivity contribution in [2.24, 2.45) is 0 Å². The van der Waals surface area contributed by atoms with Gasteiger partial charge in [-0.3, -0.25) is 9.59 Å². The topological polar surface area (TPSA) is 84.5 Å². The molecule has 1 aromatic heterocycles. The number of hydrogen-bond acceptors (Lipinski definition) is 5. The molecule has 156 valence electrons. The van der Waals surface area contributed by atoms with Crippen LogP contribution in [0.15, 0.2) is 35.3 Å². The largest absolute Gasteiger partial charge is 0.486 e. The van der Waals surface area contributed by atoms with E-state index < -0.39 is 5.56 Å². The highest BCUT2D eigenvalue weighted by Gasteiger charge is 2.26. The Kier molecular flexibility index (Phi) is 6.37. The van der Waals surface area contributed by atoms with E-state index in [2.05, 4.69) is 30.7 Å². The van der Waals surface area contributed by atoms with Crippen LogP contribution in [0.25, 0.3) is 0 Å². The summed E-state index contributed by atoms with van der Waals surface area (Å²) in [6.45, 7) is 7.69. The van der Waals surface area contributed by atoms with Crippen LogP contribution in [-0.4, -0.2) is 47.1 Å². The lowest BCUT2D eigenvalue weighted by atomic mass is 9.87. The van der Waals surface area contributed by atoms with Crippen molar-refractivity contribution >= 4 is 5.91 Å². The Bertz CT molecular complexity index is 900. The van der Waals surface area contributed by atoms with Gasteiger partial charge in [-0.1, -0.05) is 32.9 Å². The average molecular weight is 399 g/mol. The second-order valence-electron chi connectivity index (χ2n) is 8.39. The van der Waals surface area contributed by atoms with Crippen molar-refractivity contribution in [2.45, 2.75) is 51.7 Å². The number of carbonyl (C=O) groups is 1. The summed E-state index contributed by atoms with van der Waals surface area (Å²) in [4.78, 5) is 33.6. The highest BCUT2D eigenvalue weighted by atomic mass is 16.5. The van der Waals surface area contributed by atoms with E-state index in [9.17, 15) is 9.59 Å². The summed E-state index contributed by atoms with van der Waals surface area (Å²) in [5, 5.41) is 0. The van der Waals surface area contributed by atoms with Crippen LogP contribution in [-0.2, 0) is 16.8 Å². The maximum atomic E-state index is 12.7. The zero-order valence-corrected chi connectivity index (χ0v) is 17.5. The first-order valence-electron chi connectivity index (χ1n) is 9.91. The maximum Gasteiger partial charge on any atom is 0.263 e. The van der Waals surface area contributed by atoms with Crippen LogP contribution in [0.4, 0.5) is 0 Å². The second-order valence-corrected chi connectivity index (χ2v) is 8.39. The van der Waals surface area contributed by atoms with Gasteiger partial charge in [-0.05, 0) is 36.0 Å². The minimum atomic E-state index is -0.453. The molecule has 1 atom stereocenters. The van der Waals surface area contributed by atoms with Gasteiger partial charge in [-0.25, -0.2) is 4.98 Å². The lowest BCUT2D eigenvalue weighted by molar-refractivity contribution is 0.0267. The molecular formula is C22H29N3O4. The maximum absolute atomic E-state index is 12.7. The molecule has 29 heavy (non-hydrogen) atoms. The molecule has 7 nitrogen and oxygen atoms in total. The fraction of sp³-hybridized carbons (Fsp3) is 0.500. The highest BCUT2D eigenvalue weighted by molar-refractivity contribution is 5.93. The van der Waals surface area contributed by atoms with Crippen LogP contribution in [0.2, 0.25) is 0 Å². The van der Waals surface area contributed by atoms with E-state index in [0.29, 0.717) is 24.7 Å². The van der Waals surface area contributed by atoms with E-state index in [-0.39, 0.29) is 29.6 Å². The molecule has 3 rings (SSSR count). The van der Waals surface area contributed by atoms with Gasteiger partial charge in [0.25, 0.3) is 11.5 Å². The van der Waals surface area contributed by atoms with Crippen LogP contribution in [0.3, 0.4) is 0 Å². The van der Waals surface area contributed by atoms with Crippen molar-refractivity contribution in [3.63, 3.8) is 0 Å². The van der Waals surface area contributed by atoms with Crippen molar-refractivity contribution in [3.05, 3.63) is 57.8 Å². The van der Waals surface area contributed by atoms with Gasteiger partial charge in [0.2, 0.25) is 0 Å². The summed E-state index contributed by atoms with van der Waals surface area (Å²) in [5.41, 5.74) is 0.879. The van der Waals surface area contributed by atoms with Gasteiger partial charge in [0.1, 0.15) is 23.7 Å². The number of hydrogen-bond donors (Lipinski definition) is 1. The molecule has 0 spiro atoms. The Morgan fingerprint density at radius 2 is 2.00 bits per heavy atom. The van der Waals surface area contributed by atoms with Crippen molar-refractivity contribution < 1.29 is 14.3 Å². The number of aromatic amines is 1. The molecule has 0 unspecified atom stereocenters. The zero-order chi connectivity index (χ0) is 21.0. The van der Waals surface area contributed by atoms with Crippen molar-refractivity contribution in [1.82, 2.24) is 14.9 Å². The van der Waals surface area contributed by atoms with Crippen LogP contribution in [0, 0.1) is 0 Å². The number of likely N-dealkylation sites (tertiary alicyclic amines) is 1. The quantitative estimate of drug-likeness (QED) is 0.836. The smallest absolute Gasteiger partial charge is 0.263 e. The number of carbonyl (C=O) groups excluding carboxylic acids is 1. The standard InChI is InChI=1S/C22H29N3O4/c1-22(2,3)15-7-9-16(10-8-15)29-14-19-23-12-18(20(26)24-19)21(27)25-11-5-6-17(13-25)28-4/h7-10,12,17H,5-6,11,13-14H2,1-4H3,(H,23,24,26)/t17-/m0/s1. The van der Waals surface area contributed by atoms with E-state index in [1.54, 1.807) is 12.0 Å². The molecule has 1 fully saturated rings. The number of benzene rings is 1. The molecule has 1 aliphatic heterocycles. The SMILES string of the molecule is CO[C@H]1CCCN(C(=O)c2cnc(COc3ccc(C(C)(C)C)cc3)[nH]c2=O)C1. The van der Waals surface area contributed by atoms with Gasteiger partial charge in [0.15, 0.2) is 0 Å². The Morgan fingerprint density at radius 3 is 2.62 bits per heavy atom. The number of rotatable bonds is 5. The van der Waals surface area contributed by atoms with E-state index in [1.165, 1.54) is 11.8 Å². The first kappa shape index (κ1) is 21.0. The molecule has 7 heteroatoms. The van der Waals surface area contributed by atoms with Crippen molar-refractivity contribution in [2.75, 3.05) is 20.2 Å². The normalized spacial score (nSPS) is 17.2. The number of piperidine rings is 1. The van der Waals surface area contributed by atoms with Gasteiger partial charge in [0.05, 0.1) is 6.10 Å². The van der Waals surface area contributed by atoms with Gasteiger partial charge in [-0.2, -0.15) is 0 Å². The Morgan fingerprint density at radius 1 is 1.28 bits per heavy atom. The van der Waals surface area contributed by atoms with Crippen LogP contribution < -0.4 is 10.3 Å². The third-order valence-electron chi connectivity index (χ3n) is 5.18. The molecule has 1 saturated heterocycles. The van der Waals surface area contributed by atoms with Crippen LogP contribution >= 0.6 is 0 Å². The number of aromatic nitrogens is 2. The third kappa shape index (κ3) is 5.23. The Labute approximate surface area is 171 Å². The molecule has 1 N–H and O–H groups in total. The third-order valence-corrected chi connectivity index (χ3v) is 5.18. The van der Waals surface area contributed by atoms with Gasteiger partial charge in [0, 0.05) is 26.4 Å². The van der Waals surface area contributed by atoms with Gasteiger partial charge < -0.3 is 19.4 Å². The summed E-state index contributed by atoms with van der Waals surface area (Å²) in [6.07, 6.45) is 3.12. The number of nitrogens with one attached hydrogen (secondary N) is 1. The number of nitrogens with zero attached hydrogens (tertiary/aromatic N) is 2. The summed E-state index contributed by atoms with van der Waals surface area (Å²) in [5.74, 6) is 0.755. The van der Waals surface area contributed by atoms with Gasteiger partial charge in [-0.15, -0.1) is 0 Å². The van der Waals surface area contributed by atoms with Gasteiger partial charge >= 0.3 is 0 Å². The lowest BCUT2D eigenvalue weighted by Crippen LogP contribution is -2.44. The van der Waals surface area contributed by atoms with E-state index >= 15 is 0 Å². The number of amides is 1. The highest BCUT2D eigenvalue weighted by Crippen LogP contribution is 2.24. The van der Waals surface area contributed by atoms with Crippen molar-refractivity contribution in [3.8, 4) is 5.75 Å². The number of ether oxygens (including phenoxy) is 2. The monoisotopic (exact) mass is 399 g/mol. The molecule has 2 aromatic rings. The molecule has 2 heterocycles. The predicted molar refractivity (Wildman–Crippen MR) is 110 cm³/mol. The molecule has 1 aromatic carbocycles. The summed E-state index contributed by atoms with van der Waals surface area (Å²) in [6, 6.07) is 7.86. The van der Waals surface area contributed by atoms with E-state index in [0.717, 1.165) is 12.8 Å².